The van der Waals surface area contributed by atoms with E-state index in [2.05, 4.69) is 15.3 Å². The summed E-state index contributed by atoms with van der Waals surface area (Å²) in [4.78, 5) is 31.8. The second kappa shape index (κ2) is 16.2. The molecule has 10 nitrogen and oxygen atoms in total. The van der Waals surface area contributed by atoms with Gasteiger partial charge in [-0.25, -0.2) is 15.4 Å². The number of nitrogens with one attached hydrogen (secondary N) is 2. The molecule has 0 unspecified atom stereocenters. The Morgan fingerprint density at radius 2 is 1.54 bits per heavy atom. The van der Waals surface area contributed by atoms with E-state index in [1.165, 1.54) is 0 Å². The Bertz CT molecular complexity index is 1230. The molecule has 1 aliphatic heterocycles. The number of hydrogen-bond donors (Lipinski definition) is 4. The van der Waals surface area contributed by atoms with Crippen LogP contribution in [-0.4, -0.2) is 44.0 Å². The number of carbonyl (C=O) groups excluding carboxylic acids is 2. The summed E-state index contributed by atoms with van der Waals surface area (Å²) in [7, 11) is 0. The second-order valence-electron chi connectivity index (χ2n) is 9.81. The Morgan fingerprint density at radius 1 is 0.878 bits per heavy atom. The number of aromatic nitrogens is 2. The molecule has 11 heteroatoms. The van der Waals surface area contributed by atoms with Crippen LogP contribution in [0.2, 0.25) is 0 Å². The Hall–Kier alpha value is -3.35. The van der Waals surface area contributed by atoms with Gasteiger partial charge in [0.25, 0.3) is 0 Å². The number of carbonyl (C=O) groups is 2. The van der Waals surface area contributed by atoms with Gasteiger partial charge in [0.15, 0.2) is 11.4 Å². The first-order valence-electron chi connectivity index (χ1n) is 13.7. The molecule has 1 aliphatic rings. The van der Waals surface area contributed by atoms with Crippen molar-refractivity contribution in [2.75, 3.05) is 5.75 Å². The molecule has 0 saturated carbocycles. The third kappa shape index (κ3) is 9.91. The van der Waals surface area contributed by atoms with E-state index in [1.54, 1.807) is 35.7 Å². The minimum Gasteiger partial charge on any atom is -0.392 e. The van der Waals surface area contributed by atoms with Crippen molar-refractivity contribution in [1.29, 1.82) is 0 Å². The number of ether oxygens (including phenoxy) is 2. The van der Waals surface area contributed by atoms with Gasteiger partial charge < -0.3 is 19.9 Å². The zero-order valence-electron chi connectivity index (χ0n) is 22.8. The van der Waals surface area contributed by atoms with E-state index < -0.39 is 12.2 Å². The van der Waals surface area contributed by atoms with E-state index in [9.17, 15) is 14.7 Å². The van der Waals surface area contributed by atoms with Gasteiger partial charge in [0.2, 0.25) is 11.8 Å². The van der Waals surface area contributed by atoms with Gasteiger partial charge in [0.05, 0.1) is 18.8 Å². The van der Waals surface area contributed by atoms with Crippen molar-refractivity contribution in [3.63, 3.8) is 0 Å². The van der Waals surface area contributed by atoms with Crippen molar-refractivity contribution in [3.05, 3.63) is 89.2 Å². The summed E-state index contributed by atoms with van der Waals surface area (Å²) in [6.07, 6.45) is 5.96. The van der Waals surface area contributed by atoms with Crippen LogP contribution in [0.3, 0.4) is 0 Å². The van der Waals surface area contributed by atoms with Gasteiger partial charge in [-0.05, 0) is 35.6 Å². The zero-order valence-corrected chi connectivity index (χ0v) is 23.6. The smallest absolute Gasteiger partial charge is 0.243 e. The van der Waals surface area contributed by atoms with E-state index in [-0.39, 0.29) is 31.1 Å². The molecule has 2 aromatic carbocycles. The molecule has 0 spiro atoms. The summed E-state index contributed by atoms with van der Waals surface area (Å²) in [5.74, 6) is 0.219. The molecule has 41 heavy (non-hydrogen) atoms. The monoisotopic (exact) mass is 580 g/mol. The third-order valence-corrected chi connectivity index (χ3v) is 7.74. The fourth-order valence-corrected chi connectivity index (χ4v) is 5.26. The highest BCUT2D eigenvalue weighted by Crippen LogP contribution is 2.39. The summed E-state index contributed by atoms with van der Waals surface area (Å²) < 4.78 is 12.8. The minimum absolute atomic E-state index is 0.00775. The average Bonchev–Trinajstić information content (AvgIpc) is 3.03. The summed E-state index contributed by atoms with van der Waals surface area (Å²) in [5.41, 5.74) is 5.33. The van der Waals surface area contributed by atoms with E-state index >= 15 is 0 Å². The molecule has 218 valence electrons. The second-order valence-corrected chi connectivity index (χ2v) is 10.8. The topological polar surface area (TPSA) is 143 Å². The minimum atomic E-state index is -0.565. The number of benzene rings is 2. The van der Waals surface area contributed by atoms with Gasteiger partial charge in [-0.3, -0.25) is 14.8 Å². The summed E-state index contributed by atoms with van der Waals surface area (Å²) in [6, 6.07) is 17.4. The molecule has 0 radical (unpaired) electrons. The fraction of sp³-hybridized carbons (Fsp3) is 0.400. The molecule has 1 aromatic heterocycles. The van der Waals surface area contributed by atoms with Gasteiger partial charge >= 0.3 is 0 Å². The Labute approximate surface area is 243 Å². The number of nitrogens with zero attached hydrogens (tertiary/aromatic N) is 2. The molecule has 0 aliphatic carbocycles. The Balaban J connectivity index is 1.32. The normalized spacial score (nSPS) is 18.5. The fourth-order valence-electron chi connectivity index (χ4n) is 4.44. The standard InChI is InChI=1S/C30H36N4O6S/c35-19-22-9-11-23(12-10-22)26-17-25(20-41-30-31-15-4-16-32-30)39-29(40-26)24-13-7-21(8-14-24)18-33-27(36)5-2-1-3-6-28(37)34-38/h4,7-16,25-26,29,35,38H,1-3,5-6,17-20H2,(H,33,36)(H,34,37)/t25-,26+,29+/m0/s1. The van der Waals surface area contributed by atoms with Gasteiger partial charge in [-0.15, -0.1) is 0 Å². The van der Waals surface area contributed by atoms with Crippen molar-refractivity contribution in [2.45, 2.75) is 75.3 Å². The number of hydroxylamine groups is 1. The van der Waals surface area contributed by atoms with Crippen molar-refractivity contribution in [1.82, 2.24) is 20.8 Å². The molecule has 0 bridgehead atoms. The summed E-state index contributed by atoms with van der Waals surface area (Å²) >= 11 is 1.55. The molecule has 4 rings (SSSR count). The quantitative estimate of drug-likeness (QED) is 0.0718. The SMILES string of the molecule is O=C(CCCCCC(=O)NCc1ccc([C@@H]2O[C@H](CSc3ncccn3)C[C@H](c3ccc(CO)cc3)O2)cc1)NO. The lowest BCUT2D eigenvalue weighted by molar-refractivity contribution is -0.245. The Kier molecular flexibility index (Phi) is 12.1. The average molecular weight is 581 g/mol. The molecule has 3 atom stereocenters. The van der Waals surface area contributed by atoms with Crippen LogP contribution in [0, 0.1) is 0 Å². The lowest BCUT2D eigenvalue weighted by Crippen LogP contribution is -2.31. The molecule has 4 N–H and O–H groups in total. The van der Waals surface area contributed by atoms with Crippen LogP contribution in [0.4, 0.5) is 0 Å². The number of unbranched alkanes of at least 4 members (excludes halogenated alkanes) is 2. The van der Waals surface area contributed by atoms with Crippen LogP contribution >= 0.6 is 11.8 Å². The molecule has 2 amide bonds. The molecule has 1 saturated heterocycles. The maximum atomic E-state index is 12.2. The van der Waals surface area contributed by atoms with Crippen LogP contribution < -0.4 is 10.8 Å². The maximum absolute atomic E-state index is 12.2. The first-order valence-corrected chi connectivity index (χ1v) is 14.7. The lowest BCUT2D eigenvalue weighted by Gasteiger charge is -2.36. The third-order valence-electron chi connectivity index (χ3n) is 6.73. The summed E-state index contributed by atoms with van der Waals surface area (Å²) in [5, 5.41) is 21.6. The highest BCUT2D eigenvalue weighted by atomic mass is 32.2. The maximum Gasteiger partial charge on any atom is 0.243 e. The van der Waals surface area contributed by atoms with Gasteiger partial charge in [0.1, 0.15) is 0 Å². The van der Waals surface area contributed by atoms with Gasteiger partial charge in [0, 0.05) is 49.5 Å². The van der Waals surface area contributed by atoms with Gasteiger partial charge in [-0.2, -0.15) is 0 Å². The van der Waals surface area contributed by atoms with Crippen molar-refractivity contribution >= 4 is 23.6 Å². The van der Waals surface area contributed by atoms with Crippen molar-refractivity contribution < 1.29 is 29.4 Å². The van der Waals surface area contributed by atoms with Gasteiger partial charge in [-0.1, -0.05) is 66.7 Å². The van der Waals surface area contributed by atoms with Crippen LogP contribution in [0.25, 0.3) is 0 Å². The largest absolute Gasteiger partial charge is 0.392 e. The molecule has 1 fully saturated rings. The zero-order chi connectivity index (χ0) is 28.9. The lowest BCUT2D eigenvalue weighted by atomic mass is 10.0. The molecule has 2 heterocycles. The highest BCUT2D eigenvalue weighted by Gasteiger charge is 2.32. The van der Waals surface area contributed by atoms with Crippen molar-refractivity contribution in [3.8, 4) is 0 Å². The van der Waals surface area contributed by atoms with Crippen LogP contribution in [0.1, 0.15) is 73.2 Å². The molecular formula is C30H36N4O6S. The predicted octanol–water partition coefficient (Wildman–Crippen LogP) is 4.38. The molecular weight excluding hydrogens is 544 g/mol. The molecule has 3 aromatic rings. The van der Waals surface area contributed by atoms with Crippen LogP contribution in [-0.2, 0) is 32.2 Å². The number of aliphatic hydroxyl groups excluding tert-OH is 1. The number of thioether (sulfide) groups is 1. The van der Waals surface area contributed by atoms with E-state index in [0.717, 1.165) is 28.7 Å². The number of rotatable bonds is 14. The Morgan fingerprint density at radius 3 is 2.22 bits per heavy atom. The van der Waals surface area contributed by atoms with Crippen LogP contribution in [0.15, 0.2) is 72.1 Å². The number of amides is 2. The predicted molar refractivity (Wildman–Crippen MR) is 152 cm³/mol. The highest BCUT2D eigenvalue weighted by molar-refractivity contribution is 7.99. The van der Waals surface area contributed by atoms with E-state index in [4.69, 9.17) is 14.7 Å². The summed E-state index contributed by atoms with van der Waals surface area (Å²) in [6.45, 7) is 0.404. The number of hydrogen-bond acceptors (Lipinski definition) is 9. The first-order chi connectivity index (χ1) is 20.0. The van der Waals surface area contributed by atoms with Crippen LogP contribution in [0.5, 0.6) is 0 Å². The first kappa shape index (κ1) is 30.6. The van der Waals surface area contributed by atoms with Crippen molar-refractivity contribution in [2.24, 2.45) is 0 Å². The van der Waals surface area contributed by atoms with E-state index in [0.29, 0.717) is 43.1 Å². The van der Waals surface area contributed by atoms with E-state index in [1.807, 2.05) is 48.5 Å². The number of aliphatic hydroxyl groups is 1.